The van der Waals surface area contributed by atoms with Gasteiger partial charge in [0.1, 0.15) is 5.15 Å². The molecule has 1 aromatic heterocycles. The van der Waals surface area contributed by atoms with Crippen molar-refractivity contribution in [1.82, 2.24) is 9.88 Å². The maximum atomic E-state index is 13.7. The van der Waals surface area contributed by atoms with Gasteiger partial charge in [0.05, 0.1) is 19.7 Å². The smallest absolute Gasteiger partial charge is 0.254 e. The number of pyridine rings is 1. The molecule has 0 bridgehead atoms. The van der Waals surface area contributed by atoms with Crippen LogP contribution in [-0.2, 0) is 19.5 Å². The van der Waals surface area contributed by atoms with Crippen molar-refractivity contribution in [1.29, 1.82) is 0 Å². The van der Waals surface area contributed by atoms with Gasteiger partial charge in [0.2, 0.25) is 0 Å². The largest absolute Gasteiger partial charge is 0.493 e. The number of hydrogen-bond acceptors (Lipinski definition) is 4. The summed E-state index contributed by atoms with van der Waals surface area (Å²) in [6, 6.07) is 21.5. The number of aryl methyl sites for hydroxylation is 2. The first-order valence-electron chi connectivity index (χ1n) is 11.6. The Labute approximate surface area is 211 Å². The van der Waals surface area contributed by atoms with E-state index in [1.54, 1.807) is 19.1 Å². The number of fused-ring (bicyclic) bond motifs is 1. The van der Waals surface area contributed by atoms with Crippen molar-refractivity contribution in [2.24, 2.45) is 0 Å². The first-order chi connectivity index (χ1) is 16.9. The highest BCUT2D eigenvalue weighted by Crippen LogP contribution is 2.30. The van der Waals surface area contributed by atoms with Crippen molar-refractivity contribution >= 4 is 28.4 Å². The number of nitrogens with zero attached hydrogens (tertiary/aromatic N) is 2. The molecule has 0 aliphatic heterocycles. The molecule has 0 saturated carbocycles. The summed E-state index contributed by atoms with van der Waals surface area (Å²) < 4.78 is 10.8. The zero-order chi connectivity index (χ0) is 24.9. The highest BCUT2D eigenvalue weighted by atomic mass is 35.5. The molecule has 4 rings (SSSR count). The van der Waals surface area contributed by atoms with Crippen molar-refractivity contribution in [3.8, 4) is 11.5 Å². The number of carbonyl (C=O) groups is 1. The van der Waals surface area contributed by atoms with E-state index in [1.807, 2.05) is 61.5 Å². The van der Waals surface area contributed by atoms with Gasteiger partial charge in [-0.25, -0.2) is 4.98 Å². The number of methoxy groups -OCH3 is 2. The summed E-state index contributed by atoms with van der Waals surface area (Å²) in [6.45, 7) is 4.76. The fourth-order valence-corrected chi connectivity index (χ4v) is 4.37. The third-order valence-corrected chi connectivity index (χ3v) is 6.49. The molecule has 180 valence electrons. The van der Waals surface area contributed by atoms with E-state index in [4.69, 9.17) is 21.1 Å². The molecule has 0 aliphatic carbocycles. The second kappa shape index (κ2) is 10.8. The fourth-order valence-electron chi connectivity index (χ4n) is 4.16. The second-order valence-corrected chi connectivity index (χ2v) is 8.84. The molecule has 0 aliphatic rings. The third-order valence-electron chi connectivity index (χ3n) is 6.16. The average Bonchev–Trinajstić information content (AvgIpc) is 2.88. The SMILES string of the molecule is CCc1ccc2nc(Cl)c(CN(Cc3ccc(OC)c(OC)c3)C(=O)c3ccccc3C)cc2c1. The molecule has 0 spiro atoms. The van der Waals surface area contributed by atoms with Gasteiger partial charge in [0, 0.05) is 29.6 Å². The molecule has 35 heavy (non-hydrogen) atoms. The van der Waals surface area contributed by atoms with Crippen molar-refractivity contribution in [2.45, 2.75) is 33.4 Å². The predicted molar refractivity (Wildman–Crippen MR) is 140 cm³/mol. The fraction of sp³-hybridized carbons (Fsp3) is 0.241. The molecule has 0 unspecified atom stereocenters. The van der Waals surface area contributed by atoms with E-state index in [0.717, 1.165) is 34.0 Å². The van der Waals surface area contributed by atoms with Crippen LogP contribution in [0.2, 0.25) is 5.15 Å². The Morgan fingerprint density at radius 2 is 1.66 bits per heavy atom. The van der Waals surface area contributed by atoms with Gasteiger partial charge in [-0.2, -0.15) is 0 Å². The minimum Gasteiger partial charge on any atom is -0.493 e. The molecule has 0 saturated heterocycles. The molecule has 1 heterocycles. The lowest BCUT2D eigenvalue weighted by Gasteiger charge is -2.25. The van der Waals surface area contributed by atoms with Crippen molar-refractivity contribution in [3.63, 3.8) is 0 Å². The van der Waals surface area contributed by atoms with Crippen LogP contribution in [0.5, 0.6) is 11.5 Å². The van der Waals surface area contributed by atoms with Crippen LogP contribution in [-0.4, -0.2) is 30.0 Å². The van der Waals surface area contributed by atoms with Crippen LogP contribution in [0.4, 0.5) is 0 Å². The predicted octanol–water partition coefficient (Wildman–Crippen LogP) is 6.62. The van der Waals surface area contributed by atoms with E-state index in [0.29, 0.717) is 35.3 Å². The molecular weight excluding hydrogens is 460 g/mol. The minimum absolute atomic E-state index is 0.0728. The van der Waals surface area contributed by atoms with Gasteiger partial charge in [-0.15, -0.1) is 0 Å². The van der Waals surface area contributed by atoms with E-state index in [1.165, 1.54) is 5.56 Å². The van der Waals surface area contributed by atoms with Gasteiger partial charge in [0.25, 0.3) is 5.91 Å². The lowest BCUT2D eigenvalue weighted by molar-refractivity contribution is 0.0729. The molecule has 3 aromatic carbocycles. The molecule has 4 aromatic rings. The first kappa shape index (κ1) is 24.6. The van der Waals surface area contributed by atoms with Crippen molar-refractivity contribution < 1.29 is 14.3 Å². The number of aromatic nitrogens is 1. The quantitative estimate of drug-likeness (QED) is 0.261. The van der Waals surface area contributed by atoms with E-state index in [2.05, 4.69) is 24.0 Å². The third kappa shape index (κ3) is 5.41. The number of hydrogen-bond donors (Lipinski definition) is 0. The summed E-state index contributed by atoms with van der Waals surface area (Å²) in [5.41, 5.74) is 5.37. The molecular formula is C29H29ClN2O3. The first-order valence-corrected chi connectivity index (χ1v) is 11.9. The van der Waals surface area contributed by atoms with Crippen LogP contribution < -0.4 is 9.47 Å². The van der Waals surface area contributed by atoms with E-state index >= 15 is 0 Å². The molecule has 6 heteroatoms. The Hall–Kier alpha value is -3.57. The Bertz CT molecular complexity index is 1370. The number of halogens is 1. The summed E-state index contributed by atoms with van der Waals surface area (Å²) in [5.74, 6) is 1.18. The van der Waals surface area contributed by atoms with Gasteiger partial charge in [0.15, 0.2) is 11.5 Å². The second-order valence-electron chi connectivity index (χ2n) is 8.48. The zero-order valence-corrected chi connectivity index (χ0v) is 21.2. The van der Waals surface area contributed by atoms with Gasteiger partial charge >= 0.3 is 0 Å². The molecule has 5 nitrogen and oxygen atoms in total. The van der Waals surface area contributed by atoms with Gasteiger partial charge in [-0.05, 0) is 66.4 Å². The summed E-state index contributed by atoms with van der Waals surface area (Å²) in [6.07, 6.45) is 0.936. The number of benzene rings is 3. The lowest BCUT2D eigenvalue weighted by Crippen LogP contribution is -2.31. The highest BCUT2D eigenvalue weighted by Gasteiger charge is 2.21. The summed E-state index contributed by atoms with van der Waals surface area (Å²) >= 11 is 6.61. The van der Waals surface area contributed by atoms with Crippen LogP contribution in [0.15, 0.2) is 66.7 Å². The molecule has 0 N–H and O–H groups in total. The van der Waals surface area contributed by atoms with Crippen LogP contribution in [0.25, 0.3) is 10.9 Å². The maximum Gasteiger partial charge on any atom is 0.254 e. The van der Waals surface area contributed by atoms with Crippen LogP contribution in [0.3, 0.4) is 0 Å². The Morgan fingerprint density at radius 3 is 2.37 bits per heavy atom. The average molecular weight is 489 g/mol. The normalized spacial score (nSPS) is 10.9. The Morgan fingerprint density at radius 1 is 0.914 bits per heavy atom. The molecule has 0 radical (unpaired) electrons. The summed E-state index contributed by atoms with van der Waals surface area (Å²) in [4.78, 5) is 20.1. The lowest BCUT2D eigenvalue weighted by atomic mass is 10.1. The van der Waals surface area contributed by atoms with Crippen molar-refractivity contribution in [3.05, 3.63) is 99.7 Å². The number of carbonyl (C=O) groups excluding carboxylic acids is 1. The van der Waals surface area contributed by atoms with Crippen LogP contribution in [0, 0.1) is 6.92 Å². The number of ether oxygens (including phenoxy) is 2. The van der Waals surface area contributed by atoms with Gasteiger partial charge in [-0.3, -0.25) is 4.79 Å². The Kier molecular flexibility index (Phi) is 7.57. The maximum absolute atomic E-state index is 13.7. The topological polar surface area (TPSA) is 51.7 Å². The molecule has 1 amide bonds. The van der Waals surface area contributed by atoms with Gasteiger partial charge in [-0.1, -0.05) is 48.9 Å². The molecule has 0 atom stereocenters. The van der Waals surface area contributed by atoms with Crippen LogP contribution >= 0.6 is 11.6 Å². The van der Waals surface area contributed by atoms with Gasteiger partial charge < -0.3 is 14.4 Å². The van der Waals surface area contributed by atoms with E-state index in [-0.39, 0.29) is 5.91 Å². The van der Waals surface area contributed by atoms with Crippen LogP contribution in [0.1, 0.15) is 39.5 Å². The minimum atomic E-state index is -0.0728. The number of rotatable bonds is 8. The summed E-state index contributed by atoms with van der Waals surface area (Å²) in [7, 11) is 3.20. The highest BCUT2D eigenvalue weighted by molar-refractivity contribution is 6.30. The monoisotopic (exact) mass is 488 g/mol. The number of amides is 1. The Balaban J connectivity index is 1.74. The van der Waals surface area contributed by atoms with E-state index in [9.17, 15) is 4.79 Å². The van der Waals surface area contributed by atoms with Crippen molar-refractivity contribution in [2.75, 3.05) is 14.2 Å². The molecule has 0 fully saturated rings. The standard InChI is InChI=1S/C29H29ClN2O3/c1-5-20-10-12-25-22(14-20)16-23(28(30)31-25)18-32(29(33)24-9-7-6-8-19(24)2)17-21-11-13-26(34-3)27(15-21)35-4/h6-16H,5,17-18H2,1-4H3. The van der Waals surface area contributed by atoms with E-state index < -0.39 is 0 Å². The zero-order valence-electron chi connectivity index (χ0n) is 20.5. The summed E-state index contributed by atoms with van der Waals surface area (Å²) in [5, 5.41) is 1.41.